The Kier molecular flexibility index (Phi) is 2.34. The number of aliphatic hydroxyl groups is 1. The van der Waals surface area contributed by atoms with Gasteiger partial charge in [-0.3, -0.25) is 0 Å². The quantitative estimate of drug-likeness (QED) is 0.661. The molecule has 0 amide bonds. The van der Waals surface area contributed by atoms with Crippen molar-refractivity contribution in [2.45, 2.75) is 19.4 Å². The fourth-order valence-electron chi connectivity index (χ4n) is 0.665. The molecule has 0 bridgehead atoms. The molecule has 0 unspecified atom stereocenters. The third-order valence-corrected chi connectivity index (χ3v) is 1.27. The van der Waals surface area contributed by atoms with Crippen LogP contribution in [0.1, 0.15) is 25.3 Å². The predicted octanol–water partition coefficient (Wildman–Crippen LogP) is 0.920. The van der Waals surface area contributed by atoms with Gasteiger partial charge in [0.2, 0.25) is 0 Å². The summed E-state index contributed by atoms with van der Waals surface area (Å²) >= 11 is 0. The average Bonchev–Trinajstić information content (AvgIpc) is 2.05. The molecule has 0 saturated carbocycles. The first kappa shape index (κ1) is 7.15. The van der Waals surface area contributed by atoms with E-state index in [4.69, 9.17) is 0 Å². The summed E-state index contributed by atoms with van der Waals surface area (Å²) in [4.78, 5) is 7.78. The maximum absolute atomic E-state index is 9.20. The second-order valence-electron chi connectivity index (χ2n) is 2.03. The second-order valence-corrected chi connectivity index (χ2v) is 2.03. The largest absolute Gasteiger partial charge is 0.385 e. The molecule has 1 atom stereocenters. The third-order valence-electron chi connectivity index (χ3n) is 1.27. The Morgan fingerprint density at radius 2 is 2.10 bits per heavy atom. The van der Waals surface area contributed by atoms with E-state index in [-0.39, 0.29) is 0 Å². The van der Waals surface area contributed by atoms with E-state index in [1.807, 2.05) is 6.92 Å². The number of rotatable bonds is 2. The summed E-state index contributed by atoms with van der Waals surface area (Å²) in [5.41, 5.74) is 0. The van der Waals surface area contributed by atoms with Gasteiger partial charge in [0.15, 0.2) is 5.82 Å². The van der Waals surface area contributed by atoms with Crippen LogP contribution in [0.2, 0.25) is 0 Å². The second kappa shape index (κ2) is 3.27. The fraction of sp³-hybridized carbons (Fsp3) is 0.429. The van der Waals surface area contributed by atoms with Crippen LogP contribution in [0.25, 0.3) is 0 Å². The van der Waals surface area contributed by atoms with Gasteiger partial charge in [-0.25, -0.2) is 9.97 Å². The Morgan fingerprint density at radius 3 is 2.60 bits per heavy atom. The number of nitrogens with zero attached hydrogens (tertiary/aromatic N) is 2. The van der Waals surface area contributed by atoms with Crippen LogP contribution in [-0.4, -0.2) is 15.1 Å². The van der Waals surface area contributed by atoms with Crippen LogP contribution in [0.4, 0.5) is 0 Å². The van der Waals surface area contributed by atoms with E-state index in [9.17, 15) is 5.11 Å². The molecule has 3 nitrogen and oxygen atoms in total. The molecule has 0 saturated heterocycles. The van der Waals surface area contributed by atoms with Gasteiger partial charge in [-0.2, -0.15) is 0 Å². The van der Waals surface area contributed by atoms with Crippen LogP contribution in [0.5, 0.6) is 0 Å². The van der Waals surface area contributed by atoms with Crippen LogP contribution in [-0.2, 0) is 0 Å². The van der Waals surface area contributed by atoms with Crippen molar-refractivity contribution in [2.75, 3.05) is 0 Å². The molecule has 1 aromatic heterocycles. The van der Waals surface area contributed by atoms with Crippen LogP contribution in [0, 0.1) is 0 Å². The first-order valence-electron chi connectivity index (χ1n) is 3.29. The molecular formula is C7H10N2O. The highest BCUT2D eigenvalue weighted by molar-refractivity contribution is 4.91. The summed E-state index contributed by atoms with van der Waals surface area (Å²) in [5.74, 6) is 0.505. The molecule has 1 N–H and O–H groups in total. The van der Waals surface area contributed by atoms with Crippen molar-refractivity contribution in [1.82, 2.24) is 9.97 Å². The minimum atomic E-state index is -0.513. The molecule has 0 aliphatic carbocycles. The maximum atomic E-state index is 9.20. The number of hydrogen-bond acceptors (Lipinski definition) is 3. The topological polar surface area (TPSA) is 46.0 Å². The molecular weight excluding hydrogens is 128 g/mol. The van der Waals surface area contributed by atoms with Crippen LogP contribution in [0.3, 0.4) is 0 Å². The van der Waals surface area contributed by atoms with Gasteiger partial charge < -0.3 is 5.11 Å². The Bertz CT molecular complexity index is 188. The van der Waals surface area contributed by atoms with Crippen molar-refractivity contribution >= 4 is 0 Å². The molecule has 1 aromatic rings. The minimum Gasteiger partial charge on any atom is -0.385 e. The zero-order valence-electron chi connectivity index (χ0n) is 5.86. The lowest BCUT2D eigenvalue weighted by Gasteiger charge is -2.02. The lowest BCUT2D eigenvalue weighted by Crippen LogP contribution is -2.00. The van der Waals surface area contributed by atoms with Crippen LogP contribution >= 0.6 is 0 Å². The molecule has 0 aliphatic rings. The lowest BCUT2D eigenvalue weighted by molar-refractivity contribution is 0.163. The van der Waals surface area contributed by atoms with Gasteiger partial charge in [0.05, 0.1) is 0 Å². The highest BCUT2D eigenvalue weighted by Gasteiger charge is 2.04. The summed E-state index contributed by atoms with van der Waals surface area (Å²) in [7, 11) is 0. The number of aliphatic hydroxyl groups excluding tert-OH is 1. The first-order chi connectivity index (χ1) is 4.84. The molecule has 0 spiro atoms. The summed E-state index contributed by atoms with van der Waals surface area (Å²) in [6.07, 6.45) is 3.40. The molecule has 0 fully saturated rings. The SMILES string of the molecule is CC[C@H](O)c1ncccn1. The summed E-state index contributed by atoms with van der Waals surface area (Å²) in [6.45, 7) is 1.89. The smallest absolute Gasteiger partial charge is 0.156 e. The van der Waals surface area contributed by atoms with Gasteiger partial charge in [0.1, 0.15) is 6.10 Å². The first-order valence-corrected chi connectivity index (χ1v) is 3.29. The molecule has 1 heterocycles. The lowest BCUT2D eigenvalue weighted by atomic mass is 10.2. The van der Waals surface area contributed by atoms with Crippen molar-refractivity contribution in [1.29, 1.82) is 0 Å². The van der Waals surface area contributed by atoms with Crippen molar-refractivity contribution in [3.8, 4) is 0 Å². The van der Waals surface area contributed by atoms with Gasteiger partial charge in [-0.1, -0.05) is 6.92 Å². The van der Waals surface area contributed by atoms with E-state index >= 15 is 0 Å². The Morgan fingerprint density at radius 1 is 1.50 bits per heavy atom. The molecule has 54 valence electrons. The Hall–Kier alpha value is -0.960. The molecule has 3 heteroatoms. The van der Waals surface area contributed by atoms with Crippen molar-refractivity contribution < 1.29 is 5.11 Å². The van der Waals surface area contributed by atoms with Crippen molar-refractivity contribution in [2.24, 2.45) is 0 Å². The molecule has 0 radical (unpaired) electrons. The summed E-state index contributed by atoms with van der Waals surface area (Å²) in [5, 5.41) is 9.20. The van der Waals surface area contributed by atoms with Gasteiger partial charge in [-0.05, 0) is 12.5 Å². The van der Waals surface area contributed by atoms with Gasteiger partial charge in [0, 0.05) is 12.4 Å². The molecule has 0 aliphatic heterocycles. The van der Waals surface area contributed by atoms with E-state index in [0.29, 0.717) is 12.2 Å². The maximum Gasteiger partial charge on any atom is 0.156 e. The van der Waals surface area contributed by atoms with E-state index in [1.165, 1.54) is 0 Å². The van der Waals surface area contributed by atoms with Crippen LogP contribution < -0.4 is 0 Å². The van der Waals surface area contributed by atoms with Gasteiger partial charge in [0.25, 0.3) is 0 Å². The average molecular weight is 138 g/mol. The van der Waals surface area contributed by atoms with Gasteiger partial charge in [-0.15, -0.1) is 0 Å². The van der Waals surface area contributed by atoms with E-state index in [2.05, 4.69) is 9.97 Å². The summed E-state index contributed by atoms with van der Waals surface area (Å²) in [6, 6.07) is 1.73. The molecule has 0 aromatic carbocycles. The summed E-state index contributed by atoms with van der Waals surface area (Å²) < 4.78 is 0. The molecule has 1 rings (SSSR count). The highest BCUT2D eigenvalue weighted by Crippen LogP contribution is 2.08. The monoisotopic (exact) mass is 138 g/mol. The third kappa shape index (κ3) is 1.51. The molecule has 10 heavy (non-hydrogen) atoms. The number of hydrogen-bond donors (Lipinski definition) is 1. The fourth-order valence-corrected chi connectivity index (χ4v) is 0.665. The number of aromatic nitrogens is 2. The van der Waals surface area contributed by atoms with Crippen molar-refractivity contribution in [3.05, 3.63) is 24.3 Å². The predicted molar refractivity (Wildman–Crippen MR) is 37.3 cm³/mol. The Balaban J connectivity index is 2.75. The zero-order valence-corrected chi connectivity index (χ0v) is 5.86. The van der Waals surface area contributed by atoms with E-state index in [1.54, 1.807) is 18.5 Å². The Labute approximate surface area is 59.8 Å². The normalized spacial score (nSPS) is 13.0. The minimum absolute atomic E-state index is 0.505. The van der Waals surface area contributed by atoms with E-state index < -0.39 is 6.10 Å². The van der Waals surface area contributed by atoms with Crippen molar-refractivity contribution in [3.63, 3.8) is 0 Å². The van der Waals surface area contributed by atoms with E-state index in [0.717, 1.165) is 0 Å². The van der Waals surface area contributed by atoms with Crippen LogP contribution in [0.15, 0.2) is 18.5 Å². The van der Waals surface area contributed by atoms with Gasteiger partial charge >= 0.3 is 0 Å². The standard InChI is InChI=1S/C7H10N2O/c1-2-6(10)7-8-4-3-5-9-7/h3-6,10H,2H2,1H3/t6-/m0/s1. The highest BCUT2D eigenvalue weighted by atomic mass is 16.3. The zero-order chi connectivity index (χ0) is 7.40.